The van der Waals surface area contributed by atoms with Crippen molar-refractivity contribution in [3.63, 3.8) is 0 Å². The topological polar surface area (TPSA) is 84.4 Å². The molecule has 0 spiro atoms. The number of nitrogens with zero attached hydrogens (tertiary/aromatic N) is 3. The molecule has 2 aliphatic rings. The van der Waals surface area contributed by atoms with Gasteiger partial charge in [-0.1, -0.05) is 0 Å². The molecule has 29 heavy (non-hydrogen) atoms. The van der Waals surface area contributed by atoms with Crippen molar-refractivity contribution in [2.45, 2.75) is 6.42 Å². The second-order valence-electron chi connectivity index (χ2n) is 7.27. The van der Waals surface area contributed by atoms with Crippen LogP contribution in [0.4, 0.5) is 10.3 Å². The zero-order chi connectivity index (χ0) is 19.8. The molecular weight excluding hydrogens is 373 g/mol. The van der Waals surface area contributed by atoms with Gasteiger partial charge in [-0.2, -0.15) is 0 Å². The van der Waals surface area contributed by atoms with Crippen LogP contribution in [-0.4, -0.2) is 60.2 Å². The first-order chi connectivity index (χ1) is 14.2. The molecule has 0 atom stereocenters. The summed E-state index contributed by atoms with van der Waals surface area (Å²) in [7, 11) is 0. The van der Waals surface area contributed by atoms with Gasteiger partial charge in [0.2, 0.25) is 5.95 Å². The first-order valence-electron chi connectivity index (χ1n) is 9.81. The third-order valence-electron chi connectivity index (χ3n) is 5.44. The smallest absolute Gasteiger partial charge is 0.278 e. The minimum atomic E-state index is -0.387. The zero-order valence-corrected chi connectivity index (χ0v) is 15.9. The van der Waals surface area contributed by atoms with E-state index in [0.29, 0.717) is 28.0 Å². The van der Waals surface area contributed by atoms with Crippen molar-refractivity contribution < 1.29 is 13.9 Å². The first kappa shape index (κ1) is 18.1. The van der Waals surface area contributed by atoms with Gasteiger partial charge in [0, 0.05) is 42.2 Å². The number of amides is 1. The first-order valence-corrected chi connectivity index (χ1v) is 9.81. The van der Waals surface area contributed by atoms with E-state index in [0.717, 1.165) is 56.7 Å². The number of H-pyrrole nitrogens is 1. The number of anilines is 1. The monoisotopic (exact) mass is 394 g/mol. The summed E-state index contributed by atoms with van der Waals surface area (Å²) < 4.78 is 19.3. The van der Waals surface area contributed by atoms with Gasteiger partial charge in [0.25, 0.3) is 5.91 Å². The number of fused-ring (bicyclic) bond motifs is 6. The number of hydrogen-bond acceptors (Lipinski definition) is 5. The Morgan fingerprint density at radius 2 is 2.10 bits per heavy atom. The van der Waals surface area contributed by atoms with Crippen molar-refractivity contribution in [1.82, 2.24) is 20.2 Å². The molecule has 1 aromatic heterocycles. The predicted octanol–water partition coefficient (Wildman–Crippen LogP) is 2.72. The van der Waals surface area contributed by atoms with E-state index in [1.54, 1.807) is 12.1 Å². The number of ether oxygens (including phenoxy) is 1. The Balaban J connectivity index is 1.44. The molecule has 2 aromatic carbocycles. The van der Waals surface area contributed by atoms with Crippen LogP contribution in [0.3, 0.4) is 0 Å². The number of halogens is 1. The summed E-state index contributed by atoms with van der Waals surface area (Å²) in [4.78, 5) is 22.8. The van der Waals surface area contributed by atoms with E-state index < -0.39 is 0 Å². The van der Waals surface area contributed by atoms with Crippen LogP contribution >= 0.6 is 0 Å². The van der Waals surface area contributed by atoms with Crippen LogP contribution in [0.15, 0.2) is 24.4 Å². The molecule has 0 saturated carbocycles. The number of hydrogen-bond donors (Lipinski definition) is 2. The van der Waals surface area contributed by atoms with Gasteiger partial charge in [0.05, 0.1) is 29.8 Å². The van der Waals surface area contributed by atoms with E-state index in [4.69, 9.17) is 4.74 Å². The van der Waals surface area contributed by atoms with Crippen LogP contribution in [0.2, 0.25) is 0 Å². The Morgan fingerprint density at radius 3 is 2.97 bits per heavy atom. The molecule has 2 N–H and O–H groups in total. The lowest BCUT2D eigenvalue weighted by Crippen LogP contribution is -2.37. The number of carbonyl (C=O) groups is 1. The van der Waals surface area contributed by atoms with Gasteiger partial charge in [-0.25, -0.2) is 14.7 Å². The van der Waals surface area contributed by atoms with E-state index in [2.05, 4.69) is 25.5 Å². The van der Waals surface area contributed by atoms with Crippen LogP contribution in [0.1, 0.15) is 22.3 Å². The van der Waals surface area contributed by atoms with Gasteiger partial charge < -0.3 is 15.0 Å². The number of imidazole rings is 1. The lowest BCUT2D eigenvalue weighted by molar-refractivity contribution is 0.0378. The molecule has 1 radical (unpaired) electrons. The molecule has 0 unspecified atom stereocenters. The summed E-state index contributed by atoms with van der Waals surface area (Å²) in [5, 5.41) is 8.50. The largest absolute Gasteiger partial charge is 0.379 e. The maximum absolute atomic E-state index is 13.9. The average molecular weight is 394 g/mol. The van der Waals surface area contributed by atoms with Crippen molar-refractivity contribution in [1.29, 1.82) is 0 Å². The number of nitrogens with one attached hydrogen (secondary N) is 2. The Morgan fingerprint density at radius 1 is 1.24 bits per heavy atom. The highest BCUT2D eigenvalue weighted by atomic mass is 19.1. The second kappa shape index (κ2) is 7.46. The van der Waals surface area contributed by atoms with Crippen molar-refractivity contribution >= 4 is 39.7 Å². The number of rotatable bonds is 5. The van der Waals surface area contributed by atoms with Crippen LogP contribution in [0.5, 0.6) is 0 Å². The quantitative estimate of drug-likeness (QED) is 0.650. The minimum Gasteiger partial charge on any atom is -0.379 e. The summed E-state index contributed by atoms with van der Waals surface area (Å²) in [6, 6.07) is 4.46. The standard InChI is InChI=1S/C21H21FN5O2/c22-13-2-3-14-16(12-13)17-15(4-6-23-20(17)28)19-18(14)25-21(26-19)24-5-1-7-27-8-10-29-11-9-27/h2-4,6,12H,1,5,7-11H2,(H2,24,25,26). The Bertz CT molecular complexity index is 1120. The van der Waals surface area contributed by atoms with Gasteiger partial charge >= 0.3 is 0 Å². The van der Waals surface area contributed by atoms with Gasteiger partial charge in [0.1, 0.15) is 5.82 Å². The molecule has 5 rings (SSSR count). The summed E-state index contributed by atoms with van der Waals surface area (Å²) in [6.45, 7) is 5.33. The highest BCUT2D eigenvalue weighted by molar-refractivity contribution is 6.20. The van der Waals surface area contributed by atoms with E-state index in [1.165, 1.54) is 18.3 Å². The molecule has 1 fully saturated rings. The molecule has 0 bridgehead atoms. The molecule has 1 saturated heterocycles. The van der Waals surface area contributed by atoms with E-state index >= 15 is 0 Å². The van der Waals surface area contributed by atoms with Gasteiger partial charge in [-0.15, -0.1) is 0 Å². The average Bonchev–Trinajstić information content (AvgIpc) is 3.16. The Hall–Kier alpha value is -2.97. The van der Waals surface area contributed by atoms with Crippen molar-refractivity contribution in [3.05, 3.63) is 41.3 Å². The van der Waals surface area contributed by atoms with Gasteiger partial charge in [-0.05, 0) is 37.2 Å². The van der Waals surface area contributed by atoms with Crippen LogP contribution in [0, 0.1) is 5.82 Å². The third-order valence-corrected chi connectivity index (χ3v) is 5.44. The summed E-state index contributed by atoms with van der Waals surface area (Å²) in [5.41, 5.74) is 2.55. The van der Waals surface area contributed by atoms with E-state index in [1.807, 2.05) is 0 Å². The molecule has 2 aliphatic heterocycles. The number of carbonyl (C=O) groups excluding carboxylic acids is 1. The normalized spacial score (nSPS) is 16.9. The number of morpholine rings is 1. The summed E-state index contributed by atoms with van der Waals surface area (Å²) >= 11 is 0. The minimum absolute atomic E-state index is 0.372. The van der Waals surface area contributed by atoms with E-state index in [-0.39, 0.29) is 11.7 Å². The van der Waals surface area contributed by atoms with Crippen molar-refractivity contribution in [2.75, 3.05) is 44.7 Å². The lowest BCUT2D eigenvalue weighted by atomic mass is 9.94. The highest BCUT2D eigenvalue weighted by Gasteiger charge is 2.24. The van der Waals surface area contributed by atoms with Gasteiger partial charge in [0.15, 0.2) is 0 Å². The fourth-order valence-electron chi connectivity index (χ4n) is 4.02. The Labute approximate surface area is 166 Å². The van der Waals surface area contributed by atoms with Crippen molar-refractivity contribution in [2.24, 2.45) is 0 Å². The van der Waals surface area contributed by atoms with Gasteiger partial charge in [-0.3, -0.25) is 9.69 Å². The van der Waals surface area contributed by atoms with Crippen molar-refractivity contribution in [3.8, 4) is 0 Å². The Kier molecular flexibility index (Phi) is 4.65. The van der Waals surface area contributed by atoms with Crippen LogP contribution in [-0.2, 0) is 4.74 Å². The maximum atomic E-state index is 13.9. The summed E-state index contributed by atoms with van der Waals surface area (Å²) in [6.07, 6.45) is 4.21. The summed E-state index contributed by atoms with van der Waals surface area (Å²) in [5.74, 6) is -0.116. The molecule has 0 aliphatic carbocycles. The molecule has 3 heterocycles. The lowest BCUT2D eigenvalue weighted by Gasteiger charge is -2.26. The number of aromatic amines is 1. The fraction of sp³-hybridized carbons (Fsp3) is 0.333. The maximum Gasteiger partial charge on any atom is 0.278 e. The molecule has 8 heteroatoms. The van der Waals surface area contributed by atoms with Crippen LogP contribution in [0.25, 0.3) is 27.9 Å². The fourth-order valence-corrected chi connectivity index (χ4v) is 4.02. The van der Waals surface area contributed by atoms with Crippen LogP contribution < -0.4 is 10.6 Å². The highest BCUT2D eigenvalue weighted by Crippen LogP contribution is 2.35. The third kappa shape index (κ3) is 3.34. The molecule has 3 aromatic rings. The zero-order valence-electron chi connectivity index (χ0n) is 15.9. The molecular formula is C21H21FN5O2. The number of aromatic nitrogens is 2. The molecule has 149 valence electrons. The molecule has 7 nitrogen and oxygen atoms in total. The predicted molar refractivity (Wildman–Crippen MR) is 109 cm³/mol. The molecule has 1 amide bonds. The SMILES string of the molecule is O=C1[N]C=Cc2c1c1cc(F)ccc1c1[nH]c(NCCCN3CCOCC3)nc21. The number of benzene rings is 2. The second-order valence-corrected chi connectivity index (χ2v) is 7.27. The van der Waals surface area contributed by atoms with E-state index in [9.17, 15) is 9.18 Å².